The standard InChI is InChI=1S/C25H45NO6/c1-5-6-7-8-9-10-11-12-13-14-15-16-26(17-20(2)23(27)28,18-21(3)24(29)30)19-22(4)25(31)32/h10-11,20-22H,5-9,12-19H2,1-4H3,(H2-,27,28,29,30,31,32)/b11-10+. The molecule has 186 valence electrons. The van der Waals surface area contributed by atoms with Gasteiger partial charge < -0.3 is 24.6 Å². The molecule has 0 heterocycles. The zero-order chi connectivity index (χ0) is 24.6. The SMILES string of the molecule is CCCCCC/C=C/CCCCC[N+](CC(C)C(=O)[O-])(CC(C)C(=O)O)CC(C)C(=O)O. The highest BCUT2D eigenvalue weighted by atomic mass is 16.4. The number of hydrogen-bond donors (Lipinski definition) is 2. The van der Waals surface area contributed by atoms with Crippen LogP contribution in [-0.4, -0.2) is 58.8 Å². The van der Waals surface area contributed by atoms with Crippen LogP contribution in [0.1, 0.15) is 85.5 Å². The lowest BCUT2D eigenvalue weighted by Crippen LogP contribution is -2.58. The zero-order valence-corrected chi connectivity index (χ0v) is 20.6. The summed E-state index contributed by atoms with van der Waals surface area (Å²) in [4.78, 5) is 34.4. The largest absolute Gasteiger partial charge is 0.550 e. The van der Waals surface area contributed by atoms with E-state index < -0.39 is 35.7 Å². The monoisotopic (exact) mass is 455 g/mol. The summed E-state index contributed by atoms with van der Waals surface area (Å²) >= 11 is 0. The first-order valence-electron chi connectivity index (χ1n) is 12.2. The Balaban J connectivity index is 4.99. The number of allylic oxidation sites excluding steroid dienone is 2. The van der Waals surface area contributed by atoms with Gasteiger partial charge in [0, 0.05) is 11.9 Å². The van der Waals surface area contributed by atoms with Crippen molar-refractivity contribution >= 4 is 17.9 Å². The van der Waals surface area contributed by atoms with Gasteiger partial charge >= 0.3 is 11.9 Å². The van der Waals surface area contributed by atoms with E-state index in [1.807, 2.05) is 0 Å². The highest BCUT2D eigenvalue weighted by molar-refractivity contribution is 5.70. The van der Waals surface area contributed by atoms with Crippen LogP contribution in [0, 0.1) is 17.8 Å². The molecule has 0 saturated heterocycles. The summed E-state index contributed by atoms with van der Waals surface area (Å²) in [5, 5.41) is 30.3. The van der Waals surface area contributed by atoms with E-state index in [0.717, 1.165) is 32.1 Å². The molecule has 0 spiro atoms. The van der Waals surface area contributed by atoms with Crippen molar-refractivity contribution in [3.05, 3.63) is 12.2 Å². The predicted octanol–water partition coefficient (Wildman–Crippen LogP) is 3.72. The molecule has 0 aliphatic heterocycles. The number of hydrogen-bond acceptors (Lipinski definition) is 4. The molecule has 0 fully saturated rings. The van der Waals surface area contributed by atoms with Gasteiger partial charge in [-0.15, -0.1) is 0 Å². The maximum atomic E-state index is 11.5. The molecule has 0 radical (unpaired) electrons. The minimum Gasteiger partial charge on any atom is -0.550 e. The summed E-state index contributed by atoms with van der Waals surface area (Å²) in [6.45, 7) is 8.09. The Morgan fingerprint density at radius 2 is 1.19 bits per heavy atom. The molecule has 0 aliphatic carbocycles. The number of unbranched alkanes of at least 4 members (excludes halogenated alkanes) is 7. The van der Waals surface area contributed by atoms with Gasteiger partial charge in [0.05, 0.1) is 26.2 Å². The molecule has 0 aromatic heterocycles. The first-order chi connectivity index (χ1) is 15.0. The molecule has 2 N–H and O–H groups in total. The third-order valence-electron chi connectivity index (χ3n) is 6.12. The van der Waals surface area contributed by atoms with Gasteiger partial charge in [0.15, 0.2) is 0 Å². The van der Waals surface area contributed by atoms with Crippen molar-refractivity contribution in [2.45, 2.75) is 85.5 Å². The van der Waals surface area contributed by atoms with Crippen LogP contribution in [0.2, 0.25) is 0 Å². The van der Waals surface area contributed by atoms with Gasteiger partial charge in [0.25, 0.3) is 0 Å². The topological polar surface area (TPSA) is 115 Å². The van der Waals surface area contributed by atoms with Crippen LogP contribution >= 0.6 is 0 Å². The van der Waals surface area contributed by atoms with E-state index in [9.17, 15) is 29.7 Å². The molecule has 7 nitrogen and oxygen atoms in total. The van der Waals surface area contributed by atoms with E-state index in [1.54, 1.807) is 20.8 Å². The summed E-state index contributed by atoms with van der Waals surface area (Å²) in [6, 6.07) is 0. The summed E-state index contributed by atoms with van der Waals surface area (Å²) in [5.41, 5.74) is 0. The number of rotatable bonds is 20. The lowest BCUT2D eigenvalue weighted by Gasteiger charge is -2.43. The first kappa shape index (κ1) is 30.1. The van der Waals surface area contributed by atoms with Crippen molar-refractivity contribution in [3.63, 3.8) is 0 Å². The number of quaternary nitrogens is 1. The Bertz CT molecular complexity index is 534. The lowest BCUT2D eigenvalue weighted by atomic mass is 10.0. The first-order valence-corrected chi connectivity index (χ1v) is 12.2. The van der Waals surface area contributed by atoms with Crippen molar-refractivity contribution in [1.82, 2.24) is 0 Å². The van der Waals surface area contributed by atoms with Crippen molar-refractivity contribution in [2.24, 2.45) is 17.8 Å². The molecule has 0 aromatic rings. The van der Waals surface area contributed by atoms with Crippen LogP contribution in [0.25, 0.3) is 0 Å². The minimum absolute atomic E-state index is 0.170. The van der Waals surface area contributed by atoms with Crippen LogP contribution < -0.4 is 5.11 Å². The van der Waals surface area contributed by atoms with Gasteiger partial charge in [0.2, 0.25) is 0 Å². The molecular weight excluding hydrogens is 410 g/mol. The number of carboxylic acid groups (broad SMARTS) is 3. The van der Waals surface area contributed by atoms with Crippen molar-refractivity contribution in [1.29, 1.82) is 0 Å². The fourth-order valence-corrected chi connectivity index (χ4v) is 4.28. The van der Waals surface area contributed by atoms with Gasteiger partial charge in [0.1, 0.15) is 11.8 Å². The summed E-state index contributed by atoms with van der Waals surface area (Å²) in [7, 11) is 0. The molecular formula is C25H45NO6. The molecule has 0 aromatic carbocycles. The second kappa shape index (κ2) is 16.7. The van der Waals surface area contributed by atoms with Crippen molar-refractivity contribution in [3.8, 4) is 0 Å². The maximum Gasteiger partial charge on any atom is 0.311 e. The van der Waals surface area contributed by atoms with Crippen molar-refractivity contribution in [2.75, 3.05) is 26.2 Å². The fraction of sp³-hybridized carbons (Fsp3) is 0.800. The fourth-order valence-electron chi connectivity index (χ4n) is 4.28. The third-order valence-corrected chi connectivity index (χ3v) is 6.12. The molecule has 0 rings (SSSR count). The quantitative estimate of drug-likeness (QED) is 0.164. The van der Waals surface area contributed by atoms with E-state index in [2.05, 4.69) is 19.1 Å². The summed E-state index contributed by atoms with van der Waals surface area (Å²) < 4.78 is 0.170. The Morgan fingerprint density at radius 1 is 0.750 bits per heavy atom. The van der Waals surface area contributed by atoms with Crippen molar-refractivity contribution < 1.29 is 34.2 Å². The molecule has 0 saturated carbocycles. The van der Waals surface area contributed by atoms with Crippen LogP contribution in [-0.2, 0) is 14.4 Å². The summed E-state index contributed by atoms with van der Waals surface area (Å²) in [5.74, 6) is -5.28. The minimum atomic E-state index is -1.19. The molecule has 3 unspecified atom stereocenters. The number of carbonyl (C=O) groups excluding carboxylic acids is 1. The Hall–Kier alpha value is -1.89. The highest BCUT2D eigenvalue weighted by Gasteiger charge is 2.36. The van der Waals surface area contributed by atoms with Crippen LogP contribution in [0.15, 0.2) is 12.2 Å². The average Bonchev–Trinajstić information content (AvgIpc) is 2.71. The smallest absolute Gasteiger partial charge is 0.311 e. The van der Waals surface area contributed by atoms with E-state index >= 15 is 0 Å². The number of nitrogens with zero attached hydrogens (tertiary/aromatic N) is 1. The Labute approximate surface area is 194 Å². The predicted molar refractivity (Wildman–Crippen MR) is 124 cm³/mol. The van der Waals surface area contributed by atoms with Gasteiger partial charge in [-0.05, 0) is 52.4 Å². The van der Waals surface area contributed by atoms with E-state index in [0.29, 0.717) is 6.54 Å². The third kappa shape index (κ3) is 13.5. The van der Waals surface area contributed by atoms with Gasteiger partial charge in [-0.3, -0.25) is 9.59 Å². The van der Waals surface area contributed by atoms with E-state index in [1.165, 1.54) is 25.7 Å². The normalized spacial score (nSPS) is 16.4. The Morgan fingerprint density at radius 3 is 1.59 bits per heavy atom. The second-order valence-electron chi connectivity index (χ2n) is 9.48. The Kier molecular flexibility index (Phi) is 15.7. The molecule has 0 amide bonds. The molecule has 3 atom stereocenters. The average molecular weight is 456 g/mol. The molecule has 0 bridgehead atoms. The second-order valence-corrected chi connectivity index (χ2v) is 9.48. The van der Waals surface area contributed by atoms with Gasteiger partial charge in [-0.1, -0.05) is 45.3 Å². The molecule has 7 heteroatoms. The number of aliphatic carboxylic acids is 3. The van der Waals surface area contributed by atoms with Crippen LogP contribution in [0.4, 0.5) is 0 Å². The summed E-state index contributed by atoms with van der Waals surface area (Å²) in [6.07, 6.45) is 14.3. The highest BCUT2D eigenvalue weighted by Crippen LogP contribution is 2.21. The van der Waals surface area contributed by atoms with E-state index in [-0.39, 0.29) is 24.1 Å². The number of carboxylic acids is 3. The molecule has 32 heavy (non-hydrogen) atoms. The number of carbonyl (C=O) groups is 3. The lowest BCUT2D eigenvalue weighted by molar-refractivity contribution is -0.934. The van der Waals surface area contributed by atoms with Gasteiger partial charge in [-0.25, -0.2) is 0 Å². The zero-order valence-electron chi connectivity index (χ0n) is 20.6. The van der Waals surface area contributed by atoms with Crippen LogP contribution in [0.5, 0.6) is 0 Å². The van der Waals surface area contributed by atoms with E-state index in [4.69, 9.17) is 0 Å². The maximum absolute atomic E-state index is 11.5. The van der Waals surface area contributed by atoms with Gasteiger partial charge in [-0.2, -0.15) is 0 Å². The molecule has 0 aliphatic rings. The van der Waals surface area contributed by atoms with Crippen LogP contribution in [0.3, 0.4) is 0 Å².